The average Bonchev–Trinajstić information content (AvgIpc) is 3.29. The van der Waals surface area contributed by atoms with Crippen LogP contribution in [-0.2, 0) is 5.75 Å². The maximum atomic E-state index is 5.93. The lowest BCUT2D eigenvalue weighted by Gasteiger charge is -2.06. The fourth-order valence-corrected chi connectivity index (χ4v) is 3.63. The molecule has 0 saturated carbocycles. The van der Waals surface area contributed by atoms with E-state index in [4.69, 9.17) is 16.0 Å². The van der Waals surface area contributed by atoms with Crippen molar-refractivity contribution in [2.24, 2.45) is 0 Å². The quantitative estimate of drug-likeness (QED) is 0.447. The summed E-state index contributed by atoms with van der Waals surface area (Å²) in [5, 5.41) is 13.4. The molecule has 6 nitrogen and oxygen atoms in total. The van der Waals surface area contributed by atoms with Crippen LogP contribution in [0.1, 0.15) is 17.0 Å². The number of tetrazole rings is 1. The minimum absolute atomic E-state index is 0.527. The molecule has 4 rings (SSSR count). The zero-order valence-electron chi connectivity index (χ0n) is 14.8. The molecule has 0 radical (unpaired) electrons. The van der Waals surface area contributed by atoms with Gasteiger partial charge in [-0.15, -0.1) is 5.10 Å². The summed E-state index contributed by atoms with van der Waals surface area (Å²) >= 11 is 7.40. The number of halogens is 1. The van der Waals surface area contributed by atoms with Crippen LogP contribution < -0.4 is 0 Å². The predicted octanol–water partition coefficient (Wildman–Crippen LogP) is 4.88. The van der Waals surface area contributed by atoms with Gasteiger partial charge in [0.15, 0.2) is 5.76 Å². The normalized spacial score (nSPS) is 11.1. The molecule has 2 heterocycles. The van der Waals surface area contributed by atoms with E-state index in [9.17, 15) is 0 Å². The van der Waals surface area contributed by atoms with E-state index in [0.29, 0.717) is 27.6 Å². The Morgan fingerprint density at radius 3 is 2.56 bits per heavy atom. The summed E-state index contributed by atoms with van der Waals surface area (Å²) < 4.78 is 7.57. The summed E-state index contributed by atoms with van der Waals surface area (Å²) in [6.07, 6.45) is 1.71. The van der Waals surface area contributed by atoms with Crippen molar-refractivity contribution in [3.63, 3.8) is 0 Å². The molecule has 0 unspecified atom stereocenters. The van der Waals surface area contributed by atoms with Gasteiger partial charge in [-0.2, -0.15) is 4.68 Å². The third-order valence-electron chi connectivity index (χ3n) is 3.90. The van der Waals surface area contributed by atoms with Gasteiger partial charge in [0.1, 0.15) is 0 Å². The van der Waals surface area contributed by atoms with E-state index in [1.165, 1.54) is 11.8 Å². The second-order valence-corrected chi connectivity index (χ2v) is 7.51. The van der Waals surface area contributed by atoms with Gasteiger partial charge in [-0.25, -0.2) is 4.98 Å². The van der Waals surface area contributed by atoms with E-state index in [0.717, 1.165) is 22.4 Å². The lowest BCUT2D eigenvalue weighted by Crippen LogP contribution is -2.00. The van der Waals surface area contributed by atoms with E-state index >= 15 is 0 Å². The van der Waals surface area contributed by atoms with Crippen LogP contribution in [0.15, 0.2) is 58.2 Å². The number of aromatic nitrogens is 5. The van der Waals surface area contributed by atoms with Gasteiger partial charge < -0.3 is 4.42 Å². The molecule has 0 saturated heterocycles. The Balaban J connectivity index is 1.50. The topological polar surface area (TPSA) is 69.6 Å². The molecule has 2 aromatic carbocycles. The van der Waals surface area contributed by atoms with Crippen LogP contribution in [-0.4, -0.2) is 25.2 Å². The molecule has 0 fully saturated rings. The standard InChI is InChI=1S/C19H16ClN5OS/c1-12-7-13(2)9-16(8-12)25-19(22-23-24-25)27-11-18-21-10-17(26-18)14-3-5-15(20)6-4-14/h3-10H,11H2,1-2H3. The number of thioether (sulfide) groups is 1. The molecule has 27 heavy (non-hydrogen) atoms. The molecule has 0 N–H and O–H groups in total. The summed E-state index contributed by atoms with van der Waals surface area (Å²) in [7, 11) is 0. The van der Waals surface area contributed by atoms with Crippen molar-refractivity contribution >= 4 is 23.4 Å². The van der Waals surface area contributed by atoms with Gasteiger partial charge in [-0.3, -0.25) is 0 Å². The average molecular weight is 398 g/mol. The Bertz CT molecular complexity index is 1050. The SMILES string of the molecule is Cc1cc(C)cc(-n2nnnc2SCc2ncc(-c3ccc(Cl)cc3)o2)c1. The number of benzene rings is 2. The molecule has 0 spiro atoms. The van der Waals surface area contributed by atoms with E-state index < -0.39 is 0 Å². The lowest BCUT2D eigenvalue weighted by atomic mass is 10.1. The highest BCUT2D eigenvalue weighted by Crippen LogP contribution is 2.27. The Labute approximate surface area is 165 Å². The molecule has 0 bridgehead atoms. The summed E-state index contributed by atoms with van der Waals surface area (Å²) in [5.74, 6) is 1.84. The van der Waals surface area contributed by atoms with Gasteiger partial charge in [0, 0.05) is 10.6 Å². The number of rotatable bonds is 5. The van der Waals surface area contributed by atoms with E-state index in [1.54, 1.807) is 10.9 Å². The number of nitrogens with zero attached hydrogens (tertiary/aromatic N) is 5. The largest absolute Gasteiger partial charge is 0.440 e. The third-order valence-corrected chi connectivity index (χ3v) is 5.06. The molecule has 0 atom stereocenters. The first-order valence-corrected chi connectivity index (χ1v) is 9.65. The summed E-state index contributed by atoms with van der Waals surface area (Å²) in [5.41, 5.74) is 4.20. The first-order chi connectivity index (χ1) is 13.1. The maximum Gasteiger partial charge on any atom is 0.214 e. The van der Waals surface area contributed by atoms with E-state index in [2.05, 4.69) is 52.6 Å². The molecule has 8 heteroatoms. The second kappa shape index (κ2) is 7.54. The van der Waals surface area contributed by atoms with Crippen LogP contribution in [0.3, 0.4) is 0 Å². The van der Waals surface area contributed by atoms with E-state index in [-0.39, 0.29) is 0 Å². The summed E-state index contributed by atoms with van der Waals surface area (Å²) in [6, 6.07) is 13.7. The van der Waals surface area contributed by atoms with Crippen molar-refractivity contribution < 1.29 is 4.42 Å². The Morgan fingerprint density at radius 2 is 1.81 bits per heavy atom. The fraction of sp³-hybridized carbons (Fsp3) is 0.158. The van der Waals surface area contributed by atoms with Crippen molar-refractivity contribution in [3.8, 4) is 17.0 Å². The molecular weight excluding hydrogens is 382 g/mol. The van der Waals surface area contributed by atoms with E-state index in [1.807, 2.05) is 24.3 Å². The van der Waals surface area contributed by atoms with Gasteiger partial charge in [0.25, 0.3) is 0 Å². The zero-order chi connectivity index (χ0) is 18.8. The van der Waals surface area contributed by atoms with Crippen LogP contribution in [0.2, 0.25) is 5.02 Å². The highest BCUT2D eigenvalue weighted by atomic mass is 35.5. The molecule has 0 aliphatic rings. The lowest BCUT2D eigenvalue weighted by molar-refractivity contribution is 0.529. The van der Waals surface area contributed by atoms with Crippen molar-refractivity contribution in [2.75, 3.05) is 0 Å². The van der Waals surface area contributed by atoms with Gasteiger partial charge in [0.05, 0.1) is 17.6 Å². The van der Waals surface area contributed by atoms with Crippen molar-refractivity contribution in [1.29, 1.82) is 0 Å². The minimum Gasteiger partial charge on any atom is -0.440 e. The molecule has 2 aromatic heterocycles. The van der Waals surface area contributed by atoms with Gasteiger partial charge in [-0.05, 0) is 71.8 Å². The van der Waals surface area contributed by atoms with Crippen LogP contribution >= 0.6 is 23.4 Å². The molecule has 0 aliphatic heterocycles. The first kappa shape index (κ1) is 17.8. The summed E-state index contributed by atoms with van der Waals surface area (Å²) in [6.45, 7) is 4.11. The van der Waals surface area contributed by atoms with Crippen LogP contribution in [0.25, 0.3) is 17.0 Å². The number of hydrogen-bond acceptors (Lipinski definition) is 6. The predicted molar refractivity (Wildman–Crippen MR) is 105 cm³/mol. The second-order valence-electron chi connectivity index (χ2n) is 6.13. The first-order valence-electron chi connectivity index (χ1n) is 8.29. The summed E-state index contributed by atoms with van der Waals surface area (Å²) in [4.78, 5) is 4.35. The molecule has 0 amide bonds. The highest BCUT2D eigenvalue weighted by molar-refractivity contribution is 7.98. The molecule has 0 aliphatic carbocycles. The zero-order valence-corrected chi connectivity index (χ0v) is 16.3. The highest BCUT2D eigenvalue weighted by Gasteiger charge is 2.13. The molecule has 4 aromatic rings. The fourth-order valence-electron chi connectivity index (χ4n) is 2.75. The van der Waals surface area contributed by atoms with Gasteiger partial charge >= 0.3 is 0 Å². The Kier molecular flexibility index (Phi) is 4.96. The molecular formula is C19H16ClN5OS. The van der Waals surface area contributed by atoms with Crippen molar-refractivity contribution in [3.05, 3.63) is 70.7 Å². The van der Waals surface area contributed by atoms with Gasteiger partial charge in [0.2, 0.25) is 11.0 Å². The Hall–Kier alpha value is -2.64. The Morgan fingerprint density at radius 1 is 1.07 bits per heavy atom. The van der Waals surface area contributed by atoms with Gasteiger partial charge in [-0.1, -0.05) is 29.4 Å². The van der Waals surface area contributed by atoms with Crippen LogP contribution in [0.5, 0.6) is 0 Å². The van der Waals surface area contributed by atoms with Crippen LogP contribution in [0, 0.1) is 13.8 Å². The minimum atomic E-state index is 0.527. The number of oxazole rings is 1. The van der Waals surface area contributed by atoms with Crippen LogP contribution in [0.4, 0.5) is 0 Å². The van der Waals surface area contributed by atoms with Crippen molar-refractivity contribution in [1.82, 2.24) is 25.2 Å². The smallest absolute Gasteiger partial charge is 0.214 e. The van der Waals surface area contributed by atoms with Crippen molar-refractivity contribution in [2.45, 2.75) is 24.8 Å². The number of aryl methyl sites for hydroxylation is 2. The number of hydrogen-bond donors (Lipinski definition) is 0. The monoisotopic (exact) mass is 397 g/mol. The molecule has 136 valence electrons. The maximum absolute atomic E-state index is 5.93. The third kappa shape index (κ3) is 4.04.